The third kappa shape index (κ3) is 3.36. The van der Waals surface area contributed by atoms with Gasteiger partial charge in [-0.2, -0.15) is 0 Å². The number of hydrogen-bond acceptors (Lipinski definition) is 3. The first-order valence-corrected chi connectivity index (χ1v) is 5.34. The summed E-state index contributed by atoms with van der Waals surface area (Å²) < 4.78 is 0.920. The van der Waals surface area contributed by atoms with Gasteiger partial charge in [0.25, 0.3) is 0 Å². The fourth-order valence-corrected chi connectivity index (χ4v) is 1.64. The van der Waals surface area contributed by atoms with Crippen molar-refractivity contribution in [2.45, 2.75) is 17.2 Å². The van der Waals surface area contributed by atoms with Gasteiger partial charge in [-0.05, 0) is 35.0 Å². The van der Waals surface area contributed by atoms with E-state index < -0.39 is 0 Å². The van der Waals surface area contributed by atoms with Crippen molar-refractivity contribution in [1.29, 1.82) is 0 Å². The Kier molecular flexibility index (Phi) is 3.74. The molecule has 0 aliphatic rings. The number of thioether (sulfide) groups is 1. The Labute approximate surface area is 89.2 Å². The molecular formula is C8H9BrN2OS. The van der Waals surface area contributed by atoms with Crippen molar-refractivity contribution in [1.82, 2.24) is 4.98 Å². The molecule has 0 aromatic carbocycles. The molecule has 1 atom stereocenters. The van der Waals surface area contributed by atoms with Crippen LogP contribution in [-0.4, -0.2) is 16.1 Å². The molecule has 1 amide bonds. The highest BCUT2D eigenvalue weighted by molar-refractivity contribution is 9.10. The van der Waals surface area contributed by atoms with Crippen molar-refractivity contribution in [2.24, 2.45) is 5.73 Å². The summed E-state index contributed by atoms with van der Waals surface area (Å²) in [6, 6.07) is 3.72. The van der Waals surface area contributed by atoms with Gasteiger partial charge in [0.15, 0.2) is 0 Å². The van der Waals surface area contributed by atoms with Gasteiger partial charge < -0.3 is 5.73 Å². The van der Waals surface area contributed by atoms with Crippen molar-refractivity contribution in [2.75, 3.05) is 0 Å². The van der Waals surface area contributed by atoms with Crippen molar-refractivity contribution < 1.29 is 4.79 Å². The van der Waals surface area contributed by atoms with E-state index in [0.717, 1.165) is 9.50 Å². The zero-order valence-corrected chi connectivity index (χ0v) is 9.43. The van der Waals surface area contributed by atoms with Crippen LogP contribution in [0.15, 0.2) is 27.8 Å². The Morgan fingerprint density at radius 3 is 2.85 bits per heavy atom. The Hall–Kier alpha value is -0.550. The molecule has 0 fully saturated rings. The van der Waals surface area contributed by atoms with Crippen molar-refractivity contribution in [3.63, 3.8) is 0 Å². The number of rotatable bonds is 3. The maximum Gasteiger partial charge on any atom is 0.230 e. The lowest BCUT2D eigenvalue weighted by Crippen LogP contribution is -2.22. The van der Waals surface area contributed by atoms with Gasteiger partial charge in [0.2, 0.25) is 5.91 Å². The van der Waals surface area contributed by atoms with Gasteiger partial charge in [-0.15, -0.1) is 0 Å². The molecule has 2 N–H and O–H groups in total. The van der Waals surface area contributed by atoms with Crippen LogP contribution in [0.5, 0.6) is 0 Å². The monoisotopic (exact) mass is 260 g/mol. The lowest BCUT2D eigenvalue weighted by molar-refractivity contribution is -0.117. The van der Waals surface area contributed by atoms with Gasteiger partial charge in [0, 0.05) is 10.7 Å². The standard InChI is InChI=1S/C8H9BrN2OS/c1-5(8(10)12)13-7-3-2-6(9)4-11-7/h2-5H,1H3,(H2,10,12). The zero-order valence-electron chi connectivity index (χ0n) is 7.03. The van der Waals surface area contributed by atoms with E-state index in [1.54, 1.807) is 13.1 Å². The largest absolute Gasteiger partial charge is 0.369 e. The topological polar surface area (TPSA) is 56.0 Å². The fourth-order valence-electron chi connectivity index (χ4n) is 0.671. The molecule has 1 unspecified atom stereocenters. The molecule has 0 spiro atoms. The molecule has 0 saturated carbocycles. The molecule has 1 aromatic heterocycles. The highest BCUT2D eigenvalue weighted by atomic mass is 79.9. The van der Waals surface area contributed by atoms with E-state index in [1.165, 1.54) is 11.8 Å². The fraction of sp³-hybridized carbons (Fsp3) is 0.250. The van der Waals surface area contributed by atoms with E-state index in [-0.39, 0.29) is 11.2 Å². The maximum absolute atomic E-state index is 10.7. The molecule has 0 aliphatic heterocycles. The van der Waals surface area contributed by atoms with E-state index in [1.807, 2.05) is 12.1 Å². The summed E-state index contributed by atoms with van der Waals surface area (Å²) in [6.45, 7) is 1.76. The molecule has 1 heterocycles. The summed E-state index contributed by atoms with van der Waals surface area (Å²) in [7, 11) is 0. The number of nitrogens with two attached hydrogens (primary N) is 1. The number of carbonyl (C=O) groups excluding carboxylic acids is 1. The average molecular weight is 261 g/mol. The van der Waals surface area contributed by atoms with Crippen molar-refractivity contribution >= 4 is 33.6 Å². The van der Waals surface area contributed by atoms with E-state index in [4.69, 9.17) is 5.73 Å². The zero-order chi connectivity index (χ0) is 9.84. The van der Waals surface area contributed by atoms with Crippen LogP contribution in [0, 0.1) is 0 Å². The van der Waals surface area contributed by atoms with Crippen LogP contribution in [0.4, 0.5) is 0 Å². The quantitative estimate of drug-likeness (QED) is 0.844. The van der Waals surface area contributed by atoms with E-state index in [0.29, 0.717) is 0 Å². The van der Waals surface area contributed by atoms with Gasteiger partial charge in [0.05, 0.1) is 10.3 Å². The van der Waals surface area contributed by atoms with E-state index in [9.17, 15) is 4.79 Å². The number of carbonyl (C=O) groups is 1. The number of hydrogen-bond donors (Lipinski definition) is 1. The molecule has 1 rings (SSSR count). The Morgan fingerprint density at radius 1 is 1.69 bits per heavy atom. The summed E-state index contributed by atoms with van der Waals surface area (Å²) >= 11 is 4.63. The summed E-state index contributed by atoms with van der Waals surface area (Å²) in [5.41, 5.74) is 5.12. The second-order valence-corrected chi connectivity index (χ2v) is 4.75. The molecule has 1 aromatic rings. The minimum atomic E-state index is -0.324. The van der Waals surface area contributed by atoms with Gasteiger partial charge in [0.1, 0.15) is 0 Å². The van der Waals surface area contributed by atoms with Gasteiger partial charge in [-0.1, -0.05) is 11.8 Å². The molecule has 70 valence electrons. The van der Waals surface area contributed by atoms with Gasteiger partial charge in [-0.3, -0.25) is 4.79 Å². The lowest BCUT2D eigenvalue weighted by atomic mass is 10.5. The average Bonchev–Trinajstić information content (AvgIpc) is 2.08. The minimum absolute atomic E-state index is 0.242. The lowest BCUT2D eigenvalue weighted by Gasteiger charge is -2.05. The smallest absolute Gasteiger partial charge is 0.230 e. The predicted octanol–water partition coefficient (Wildman–Crippen LogP) is 1.81. The summed E-state index contributed by atoms with van der Waals surface area (Å²) in [6.07, 6.45) is 1.69. The number of primary amides is 1. The first-order chi connectivity index (χ1) is 6.09. The SMILES string of the molecule is CC(Sc1ccc(Br)cn1)C(N)=O. The molecule has 13 heavy (non-hydrogen) atoms. The van der Waals surface area contributed by atoms with Crippen molar-refractivity contribution in [3.8, 4) is 0 Å². The van der Waals surface area contributed by atoms with Crippen LogP contribution in [0.1, 0.15) is 6.92 Å². The Bertz CT molecular complexity index is 302. The van der Waals surface area contributed by atoms with Crippen LogP contribution < -0.4 is 5.73 Å². The first-order valence-electron chi connectivity index (χ1n) is 3.67. The van der Waals surface area contributed by atoms with Gasteiger partial charge >= 0.3 is 0 Å². The highest BCUT2D eigenvalue weighted by Gasteiger charge is 2.10. The predicted molar refractivity (Wildman–Crippen MR) is 56.5 cm³/mol. The number of aromatic nitrogens is 1. The second kappa shape index (κ2) is 4.62. The van der Waals surface area contributed by atoms with Crippen molar-refractivity contribution in [3.05, 3.63) is 22.8 Å². The Morgan fingerprint density at radius 2 is 2.38 bits per heavy atom. The summed E-state index contributed by atoms with van der Waals surface area (Å²) in [5.74, 6) is -0.324. The number of nitrogens with zero attached hydrogens (tertiary/aromatic N) is 1. The normalized spacial score (nSPS) is 12.5. The van der Waals surface area contributed by atoms with Crippen LogP contribution >= 0.6 is 27.7 Å². The molecule has 0 aliphatic carbocycles. The van der Waals surface area contributed by atoms with Gasteiger partial charge in [-0.25, -0.2) is 4.98 Å². The van der Waals surface area contributed by atoms with Crippen LogP contribution in [0.2, 0.25) is 0 Å². The third-order valence-corrected chi connectivity index (χ3v) is 2.94. The number of amides is 1. The molecule has 5 heteroatoms. The molecule has 0 radical (unpaired) electrons. The Balaban J connectivity index is 2.64. The summed E-state index contributed by atoms with van der Waals surface area (Å²) in [5, 5.41) is 0.558. The molecule has 0 saturated heterocycles. The second-order valence-electron chi connectivity index (χ2n) is 2.48. The molecule has 0 bridgehead atoms. The third-order valence-electron chi connectivity index (χ3n) is 1.40. The number of halogens is 1. The molecular weight excluding hydrogens is 252 g/mol. The highest BCUT2D eigenvalue weighted by Crippen LogP contribution is 2.21. The molecule has 3 nitrogen and oxygen atoms in total. The first kappa shape index (κ1) is 10.5. The maximum atomic E-state index is 10.7. The number of pyridine rings is 1. The van der Waals surface area contributed by atoms with Crippen LogP contribution in [0.25, 0.3) is 0 Å². The minimum Gasteiger partial charge on any atom is -0.369 e. The van der Waals surface area contributed by atoms with Crippen LogP contribution in [0.3, 0.4) is 0 Å². The van der Waals surface area contributed by atoms with E-state index >= 15 is 0 Å². The summed E-state index contributed by atoms with van der Waals surface area (Å²) in [4.78, 5) is 14.8. The van der Waals surface area contributed by atoms with E-state index in [2.05, 4.69) is 20.9 Å². The van der Waals surface area contributed by atoms with Crippen LogP contribution in [-0.2, 0) is 4.79 Å².